The maximum Gasteiger partial charge on any atom is 0.196 e. The largest absolute Gasteiger partial charge is 0.474 e. The molecule has 0 aliphatic carbocycles. The fraction of sp³-hybridized carbons (Fsp3) is 0.0714. The third-order valence-corrected chi connectivity index (χ3v) is 2.66. The van der Waals surface area contributed by atoms with Crippen LogP contribution in [0.1, 0.15) is 6.23 Å². The van der Waals surface area contributed by atoms with Crippen LogP contribution in [0.3, 0.4) is 0 Å². The summed E-state index contributed by atoms with van der Waals surface area (Å²) in [5, 5.41) is 0. The van der Waals surface area contributed by atoms with E-state index in [0.29, 0.717) is 0 Å². The van der Waals surface area contributed by atoms with Crippen molar-refractivity contribution in [1.82, 2.24) is 9.55 Å². The SMILES string of the molecule is C1=COC(n2ccnc2-c2ccccc2)C=C1. The predicted octanol–water partition coefficient (Wildman–Crippen LogP) is 3.15. The molecule has 0 bridgehead atoms. The van der Waals surface area contributed by atoms with E-state index in [1.54, 1.807) is 12.5 Å². The van der Waals surface area contributed by atoms with Crippen molar-refractivity contribution in [3.05, 3.63) is 67.2 Å². The second kappa shape index (κ2) is 4.29. The van der Waals surface area contributed by atoms with Gasteiger partial charge in [-0.15, -0.1) is 0 Å². The van der Waals surface area contributed by atoms with E-state index < -0.39 is 0 Å². The molecule has 1 aromatic carbocycles. The molecule has 0 fully saturated rings. The Morgan fingerprint density at radius 2 is 2.00 bits per heavy atom. The number of allylic oxidation sites excluding steroid dienone is 2. The van der Waals surface area contributed by atoms with E-state index in [4.69, 9.17) is 4.74 Å². The van der Waals surface area contributed by atoms with E-state index in [0.717, 1.165) is 11.4 Å². The minimum Gasteiger partial charge on any atom is -0.474 e. The minimum absolute atomic E-state index is 0.113. The second-order valence-corrected chi connectivity index (χ2v) is 3.76. The number of benzene rings is 1. The second-order valence-electron chi connectivity index (χ2n) is 3.76. The van der Waals surface area contributed by atoms with Crippen LogP contribution < -0.4 is 0 Å². The van der Waals surface area contributed by atoms with Crippen molar-refractivity contribution in [1.29, 1.82) is 0 Å². The summed E-state index contributed by atoms with van der Waals surface area (Å²) in [6.07, 6.45) is 11.1. The van der Waals surface area contributed by atoms with Gasteiger partial charge in [0.05, 0.1) is 6.26 Å². The Balaban J connectivity index is 2.00. The van der Waals surface area contributed by atoms with Crippen molar-refractivity contribution in [2.24, 2.45) is 0 Å². The van der Waals surface area contributed by atoms with E-state index in [2.05, 4.69) is 4.98 Å². The van der Waals surface area contributed by atoms with Crippen LogP contribution in [0.15, 0.2) is 67.2 Å². The maximum absolute atomic E-state index is 5.54. The molecule has 0 saturated heterocycles. The quantitative estimate of drug-likeness (QED) is 0.783. The van der Waals surface area contributed by atoms with Crippen molar-refractivity contribution in [2.75, 3.05) is 0 Å². The van der Waals surface area contributed by atoms with Gasteiger partial charge in [-0.3, -0.25) is 4.57 Å². The number of hydrogen-bond acceptors (Lipinski definition) is 2. The van der Waals surface area contributed by atoms with Gasteiger partial charge in [-0.2, -0.15) is 0 Å². The van der Waals surface area contributed by atoms with E-state index in [9.17, 15) is 0 Å². The molecule has 1 atom stereocenters. The molecule has 3 nitrogen and oxygen atoms in total. The third-order valence-electron chi connectivity index (χ3n) is 2.66. The molecule has 0 spiro atoms. The summed E-state index contributed by atoms with van der Waals surface area (Å²) < 4.78 is 7.55. The Labute approximate surface area is 99.7 Å². The summed E-state index contributed by atoms with van der Waals surface area (Å²) in [6, 6.07) is 10.1. The molecule has 1 unspecified atom stereocenters. The number of nitrogens with zero attached hydrogens (tertiary/aromatic N) is 2. The zero-order valence-corrected chi connectivity index (χ0v) is 9.23. The molecule has 3 heteroatoms. The van der Waals surface area contributed by atoms with Crippen molar-refractivity contribution in [2.45, 2.75) is 6.23 Å². The van der Waals surface area contributed by atoms with E-state index in [1.807, 2.05) is 59.3 Å². The Morgan fingerprint density at radius 3 is 2.76 bits per heavy atom. The van der Waals surface area contributed by atoms with Gasteiger partial charge in [0, 0.05) is 18.0 Å². The fourth-order valence-corrected chi connectivity index (χ4v) is 1.86. The predicted molar refractivity (Wildman–Crippen MR) is 66.1 cm³/mol. The van der Waals surface area contributed by atoms with Crippen molar-refractivity contribution in [3.63, 3.8) is 0 Å². The summed E-state index contributed by atoms with van der Waals surface area (Å²) in [5.41, 5.74) is 1.09. The van der Waals surface area contributed by atoms with Crippen molar-refractivity contribution < 1.29 is 4.74 Å². The van der Waals surface area contributed by atoms with Crippen LogP contribution >= 0.6 is 0 Å². The molecule has 1 aliphatic rings. The average molecular weight is 224 g/mol. The number of hydrogen-bond donors (Lipinski definition) is 0. The molecule has 1 aliphatic heterocycles. The molecule has 0 saturated carbocycles. The highest BCUT2D eigenvalue weighted by atomic mass is 16.5. The van der Waals surface area contributed by atoms with Gasteiger partial charge in [-0.25, -0.2) is 4.98 Å². The Hall–Kier alpha value is -2.29. The number of imidazole rings is 1. The van der Waals surface area contributed by atoms with Gasteiger partial charge in [0.15, 0.2) is 6.23 Å². The lowest BCUT2D eigenvalue weighted by Crippen LogP contribution is -2.10. The molecule has 2 aromatic rings. The highest BCUT2D eigenvalue weighted by Gasteiger charge is 2.13. The lowest BCUT2D eigenvalue weighted by Gasteiger charge is -2.18. The number of aromatic nitrogens is 2. The van der Waals surface area contributed by atoms with Crippen molar-refractivity contribution >= 4 is 0 Å². The highest BCUT2D eigenvalue weighted by molar-refractivity contribution is 5.55. The van der Waals surface area contributed by atoms with Crippen LogP contribution in [-0.2, 0) is 4.74 Å². The molecule has 17 heavy (non-hydrogen) atoms. The van der Waals surface area contributed by atoms with Gasteiger partial charge in [0.1, 0.15) is 5.82 Å². The van der Waals surface area contributed by atoms with Crippen LogP contribution in [0.25, 0.3) is 11.4 Å². The Kier molecular flexibility index (Phi) is 2.50. The maximum atomic E-state index is 5.54. The van der Waals surface area contributed by atoms with Crippen LogP contribution in [0.2, 0.25) is 0 Å². The lowest BCUT2D eigenvalue weighted by molar-refractivity contribution is 0.123. The normalized spacial score (nSPS) is 18.0. The first kappa shape index (κ1) is 9.90. The summed E-state index contributed by atoms with van der Waals surface area (Å²) >= 11 is 0. The smallest absolute Gasteiger partial charge is 0.196 e. The van der Waals surface area contributed by atoms with E-state index in [-0.39, 0.29) is 6.23 Å². The molecule has 3 rings (SSSR count). The van der Waals surface area contributed by atoms with Gasteiger partial charge < -0.3 is 4.74 Å². The Morgan fingerprint density at radius 1 is 1.12 bits per heavy atom. The summed E-state index contributed by atoms with van der Waals surface area (Å²) in [5.74, 6) is 0.913. The van der Waals surface area contributed by atoms with Gasteiger partial charge in [0.2, 0.25) is 0 Å². The topological polar surface area (TPSA) is 27.1 Å². The molecule has 0 radical (unpaired) electrons. The molecule has 0 N–H and O–H groups in total. The molecule has 84 valence electrons. The first-order valence-corrected chi connectivity index (χ1v) is 5.52. The number of ether oxygens (including phenoxy) is 1. The van der Waals surface area contributed by atoms with Crippen LogP contribution in [-0.4, -0.2) is 9.55 Å². The van der Waals surface area contributed by atoms with Crippen molar-refractivity contribution in [3.8, 4) is 11.4 Å². The van der Waals surface area contributed by atoms with Crippen LogP contribution in [0, 0.1) is 0 Å². The van der Waals surface area contributed by atoms with Gasteiger partial charge in [-0.05, 0) is 12.2 Å². The molecule has 1 aromatic heterocycles. The van der Waals surface area contributed by atoms with E-state index >= 15 is 0 Å². The fourth-order valence-electron chi connectivity index (χ4n) is 1.86. The van der Waals surface area contributed by atoms with Gasteiger partial charge in [0.25, 0.3) is 0 Å². The molecule has 0 amide bonds. The lowest BCUT2D eigenvalue weighted by atomic mass is 10.2. The first-order valence-electron chi connectivity index (χ1n) is 5.52. The first-order chi connectivity index (χ1) is 8.45. The summed E-state index contributed by atoms with van der Waals surface area (Å²) in [7, 11) is 0. The molecular weight excluding hydrogens is 212 g/mol. The minimum atomic E-state index is -0.113. The average Bonchev–Trinajstić information content (AvgIpc) is 2.90. The zero-order valence-electron chi connectivity index (χ0n) is 9.23. The standard InChI is InChI=1S/C14H12N2O/c1-2-6-12(7-3-1)14-15-9-10-16(14)13-8-4-5-11-17-13/h1-11,13H. The molecular formula is C14H12N2O. The van der Waals surface area contributed by atoms with Gasteiger partial charge >= 0.3 is 0 Å². The zero-order chi connectivity index (χ0) is 11.5. The van der Waals surface area contributed by atoms with Gasteiger partial charge in [-0.1, -0.05) is 36.4 Å². The van der Waals surface area contributed by atoms with E-state index in [1.165, 1.54) is 0 Å². The third kappa shape index (κ3) is 1.87. The highest BCUT2D eigenvalue weighted by Crippen LogP contribution is 2.23. The number of rotatable bonds is 2. The Bertz CT molecular complexity index is 555. The van der Waals surface area contributed by atoms with Crippen LogP contribution in [0.5, 0.6) is 0 Å². The van der Waals surface area contributed by atoms with Crippen LogP contribution in [0.4, 0.5) is 0 Å². The summed E-state index contributed by atoms with van der Waals surface area (Å²) in [6.45, 7) is 0. The monoisotopic (exact) mass is 224 g/mol. The molecule has 2 heterocycles. The summed E-state index contributed by atoms with van der Waals surface area (Å²) in [4.78, 5) is 4.39.